The van der Waals surface area contributed by atoms with E-state index in [0.717, 1.165) is 36.3 Å². The van der Waals surface area contributed by atoms with Gasteiger partial charge >= 0.3 is 0 Å². The summed E-state index contributed by atoms with van der Waals surface area (Å²) in [7, 11) is 0. The van der Waals surface area contributed by atoms with E-state index in [1.54, 1.807) is 12.4 Å². The molecule has 26 heavy (non-hydrogen) atoms. The van der Waals surface area contributed by atoms with E-state index >= 15 is 0 Å². The number of nitrogens with one attached hydrogen (secondary N) is 1. The number of hydrogen-bond acceptors (Lipinski definition) is 4. The van der Waals surface area contributed by atoms with Crippen LogP contribution in [0.5, 0.6) is 11.5 Å². The van der Waals surface area contributed by atoms with Crippen molar-refractivity contribution in [3.8, 4) is 11.5 Å². The average Bonchev–Trinajstić information content (AvgIpc) is 2.96. The van der Waals surface area contributed by atoms with Crippen LogP contribution >= 0.6 is 24.8 Å². The van der Waals surface area contributed by atoms with Crippen LogP contribution in [0.2, 0.25) is 0 Å². The Hall–Kier alpha value is -1.82. The van der Waals surface area contributed by atoms with Gasteiger partial charge in [0.1, 0.15) is 11.5 Å². The van der Waals surface area contributed by atoms with Crippen molar-refractivity contribution in [3.63, 3.8) is 0 Å². The second-order valence-corrected chi connectivity index (χ2v) is 6.38. The van der Waals surface area contributed by atoms with Gasteiger partial charge in [-0.15, -0.1) is 24.8 Å². The molecule has 0 unspecified atom stereocenters. The van der Waals surface area contributed by atoms with Crippen molar-refractivity contribution in [1.82, 2.24) is 4.98 Å². The molecule has 1 fully saturated rings. The van der Waals surface area contributed by atoms with Crippen molar-refractivity contribution in [1.29, 1.82) is 0 Å². The van der Waals surface area contributed by atoms with Gasteiger partial charge in [0.05, 0.1) is 6.20 Å². The summed E-state index contributed by atoms with van der Waals surface area (Å²) in [6, 6.07) is 9.47. The molecule has 0 saturated heterocycles. The molecule has 1 aromatic heterocycles. The van der Waals surface area contributed by atoms with Crippen LogP contribution in [0.3, 0.4) is 0 Å². The van der Waals surface area contributed by atoms with E-state index in [1.807, 2.05) is 37.3 Å². The largest absolute Gasteiger partial charge is 0.455 e. The Balaban J connectivity index is 0.00000169. The first-order valence-electron chi connectivity index (χ1n) is 8.36. The number of nitrogens with zero attached hydrogens (tertiary/aromatic N) is 1. The topological polar surface area (TPSA) is 77.2 Å². The van der Waals surface area contributed by atoms with Crippen LogP contribution in [0.1, 0.15) is 31.2 Å². The lowest BCUT2D eigenvalue weighted by Gasteiger charge is -2.15. The molecule has 2 atom stereocenters. The fourth-order valence-electron chi connectivity index (χ4n) is 3.15. The third kappa shape index (κ3) is 5.87. The Kier molecular flexibility index (Phi) is 8.85. The van der Waals surface area contributed by atoms with E-state index in [2.05, 4.69) is 10.3 Å². The number of benzene rings is 1. The maximum absolute atomic E-state index is 12.2. The molecule has 0 bridgehead atoms. The molecule has 1 saturated carbocycles. The number of rotatable bonds is 5. The molecule has 0 spiro atoms. The average molecular weight is 398 g/mol. The van der Waals surface area contributed by atoms with Gasteiger partial charge in [0, 0.05) is 24.3 Å². The summed E-state index contributed by atoms with van der Waals surface area (Å²) in [6.07, 6.45) is 7.06. The maximum atomic E-state index is 12.2. The van der Waals surface area contributed by atoms with E-state index in [0.29, 0.717) is 18.1 Å². The molecule has 0 radical (unpaired) electrons. The Morgan fingerprint density at radius 3 is 2.73 bits per heavy atom. The van der Waals surface area contributed by atoms with Crippen LogP contribution in [0, 0.1) is 12.8 Å². The van der Waals surface area contributed by atoms with Crippen LogP contribution in [-0.4, -0.2) is 16.9 Å². The number of pyridine rings is 1. The molecule has 5 nitrogen and oxygen atoms in total. The number of ether oxygens (including phenoxy) is 1. The predicted molar refractivity (Wildman–Crippen MR) is 109 cm³/mol. The molecule has 2 aromatic rings. The third-order valence-corrected chi connectivity index (χ3v) is 4.49. The molecule has 3 N–H and O–H groups in total. The molecule has 3 rings (SSSR count). The highest BCUT2D eigenvalue weighted by atomic mass is 35.5. The summed E-state index contributed by atoms with van der Waals surface area (Å²) in [6.45, 7) is 1.95. The molecule has 7 heteroatoms. The molecular formula is C19H25Cl2N3O2. The van der Waals surface area contributed by atoms with Crippen molar-refractivity contribution >= 4 is 36.4 Å². The molecule has 1 aliphatic rings. The van der Waals surface area contributed by atoms with Crippen LogP contribution in [0.4, 0.5) is 5.69 Å². The number of carbonyl (C=O) groups excluding carboxylic acids is 1. The van der Waals surface area contributed by atoms with Crippen LogP contribution < -0.4 is 15.8 Å². The zero-order chi connectivity index (χ0) is 16.9. The minimum Gasteiger partial charge on any atom is -0.455 e. The van der Waals surface area contributed by atoms with Crippen molar-refractivity contribution in [2.75, 3.05) is 5.32 Å². The lowest BCUT2D eigenvalue weighted by atomic mass is 10.00. The maximum Gasteiger partial charge on any atom is 0.224 e. The monoisotopic (exact) mass is 397 g/mol. The van der Waals surface area contributed by atoms with Crippen molar-refractivity contribution in [2.45, 2.75) is 38.6 Å². The van der Waals surface area contributed by atoms with E-state index < -0.39 is 0 Å². The number of anilines is 1. The van der Waals surface area contributed by atoms with Crippen molar-refractivity contribution in [3.05, 3.63) is 48.3 Å². The summed E-state index contributed by atoms with van der Waals surface area (Å²) in [5.74, 6) is 1.77. The number of nitrogens with two attached hydrogens (primary N) is 1. The molecule has 142 valence electrons. The van der Waals surface area contributed by atoms with Gasteiger partial charge in [0.25, 0.3) is 0 Å². The van der Waals surface area contributed by atoms with Crippen molar-refractivity contribution < 1.29 is 9.53 Å². The standard InChI is InChI=1S/C19H23N3O2.2ClH/c1-13-10-15(22-19(23)11-14-4-2-6-17(14)20)7-8-18(13)24-16-5-3-9-21-12-16;;/h3,5,7-10,12,14,17H,2,4,6,11,20H2,1H3,(H,22,23);2*1H/t14-,17+;;/m0../s1. The highest BCUT2D eigenvalue weighted by Gasteiger charge is 2.26. The number of carbonyl (C=O) groups is 1. The van der Waals surface area contributed by atoms with Gasteiger partial charge in [-0.25, -0.2) is 0 Å². The fourth-order valence-corrected chi connectivity index (χ4v) is 3.15. The van der Waals surface area contributed by atoms with Crippen LogP contribution in [0.25, 0.3) is 0 Å². The van der Waals surface area contributed by atoms with E-state index in [4.69, 9.17) is 10.5 Å². The zero-order valence-corrected chi connectivity index (χ0v) is 16.3. The lowest BCUT2D eigenvalue weighted by Crippen LogP contribution is -2.28. The smallest absolute Gasteiger partial charge is 0.224 e. The van der Waals surface area contributed by atoms with Gasteiger partial charge in [0.2, 0.25) is 5.91 Å². The fraction of sp³-hybridized carbons (Fsp3) is 0.368. The molecular weight excluding hydrogens is 373 g/mol. The zero-order valence-electron chi connectivity index (χ0n) is 14.7. The predicted octanol–water partition coefficient (Wildman–Crippen LogP) is 4.48. The lowest BCUT2D eigenvalue weighted by molar-refractivity contribution is -0.117. The Bertz CT molecular complexity index is 713. The minimum absolute atomic E-state index is 0. The normalized spacial score (nSPS) is 18.4. The molecule has 0 aliphatic heterocycles. The Labute approximate surface area is 166 Å². The first kappa shape index (κ1) is 22.2. The highest BCUT2D eigenvalue weighted by molar-refractivity contribution is 5.91. The Morgan fingerprint density at radius 1 is 1.31 bits per heavy atom. The van der Waals surface area contributed by atoms with Gasteiger partial charge in [-0.2, -0.15) is 0 Å². The van der Waals surface area contributed by atoms with Crippen LogP contribution in [-0.2, 0) is 4.79 Å². The van der Waals surface area contributed by atoms with Crippen LogP contribution in [0.15, 0.2) is 42.7 Å². The number of aromatic nitrogens is 1. The molecule has 1 heterocycles. The first-order valence-corrected chi connectivity index (χ1v) is 8.36. The summed E-state index contributed by atoms with van der Waals surface area (Å²) in [5.41, 5.74) is 7.77. The van der Waals surface area contributed by atoms with Gasteiger partial charge in [0.15, 0.2) is 0 Å². The van der Waals surface area contributed by atoms with Gasteiger partial charge in [-0.05, 0) is 61.6 Å². The number of amides is 1. The first-order chi connectivity index (χ1) is 11.6. The summed E-state index contributed by atoms with van der Waals surface area (Å²) in [5, 5.41) is 2.96. The quantitative estimate of drug-likeness (QED) is 0.779. The molecule has 1 amide bonds. The minimum atomic E-state index is 0. The number of halogens is 2. The highest BCUT2D eigenvalue weighted by Crippen LogP contribution is 2.29. The summed E-state index contributed by atoms with van der Waals surface area (Å²) >= 11 is 0. The van der Waals surface area contributed by atoms with Crippen molar-refractivity contribution in [2.24, 2.45) is 11.7 Å². The van der Waals surface area contributed by atoms with E-state index in [-0.39, 0.29) is 36.8 Å². The second kappa shape index (κ2) is 10.4. The third-order valence-electron chi connectivity index (χ3n) is 4.49. The van der Waals surface area contributed by atoms with E-state index in [1.165, 1.54) is 0 Å². The molecule has 1 aromatic carbocycles. The SMILES string of the molecule is Cc1cc(NC(=O)C[C@@H]2CCC[C@H]2N)ccc1Oc1cccnc1.Cl.Cl. The van der Waals surface area contributed by atoms with Gasteiger partial charge < -0.3 is 15.8 Å². The second-order valence-electron chi connectivity index (χ2n) is 6.38. The van der Waals surface area contributed by atoms with E-state index in [9.17, 15) is 4.79 Å². The van der Waals surface area contributed by atoms with Gasteiger partial charge in [-0.3, -0.25) is 9.78 Å². The summed E-state index contributed by atoms with van der Waals surface area (Å²) < 4.78 is 5.80. The van der Waals surface area contributed by atoms with Gasteiger partial charge in [-0.1, -0.05) is 6.42 Å². The number of hydrogen-bond donors (Lipinski definition) is 2. The molecule has 1 aliphatic carbocycles. The Morgan fingerprint density at radius 2 is 2.12 bits per heavy atom. The number of aryl methyl sites for hydroxylation is 1. The summed E-state index contributed by atoms with van der Waals surface area (Å²) in [4.78, 5) is 16.2.